The molecule has 5 nitrogen and oxygen atoms in total. The monoisotopic (exact) mass is 385 g/mol. The Morgan fingerprint density at radius 1 is 1.00 bits per heavy atom. The molecule has 0 saturated carbocycles. The first-order chi connectivity index (χ1) is 14.2. The van der Waals surface area contributed by atoms with Crippen LogP contribution in [0.15, 0.2) is 79.1 Å². The SMILES string of the molecule is O=C(c1ccccc1)c1ccccc1NC(=O)[C@@H]1CCCN1Cc1cccnc1. The molecule has 5 heteroatoms. The molecule has 1 fully saturated rings. The van der Waals surface area contributed by atoms with Gasteiger partial charge in [0, 0.05) is 30.1 Å². The van der Waals surface area contributed by atoms with Crippen molar-refractivity contribution in [2.24, 2.45) is 0 Å². The van der Waals surface area contributed by atoms with Crippen LogP contribution in [0.5, 0.6) is 0 Å². The number of hydrogen-bond acceptors (Lipinski definition) is 4. The molecule has 2 heterocycles. The zero-order chi connectivity index (χ0) is 20.1. The molecular formula is C24H23N3O2. The summed E-state index contributed by atoms with van der Waals surface area (Å²) in [4.78, 5) is 32.3. The number of para-hydroxylation sites is 1. The lowest BCUT2D eigenvalue weighted by Crippen LogP contribution is -2.39. The van der Waals surface area contributed by atoms with Crippen LogP contribution in [0, 0.1) is 0 Å². The van der Waals surface area contributed by atoms with Gasteiger partial charge < -0.3 is 5.32 Å². The van der Waals surface area contributed by atoms with Gasteiger partial charge in [0.2, 0.25) is 5.91 Å². The van der Waals surface area contributed by atoms with E-state index in [1.807, 2.05) is 48.7 Å². The van der Waals surface area contributed by atoms with Crippen LogP contribution in [0.3, 0.4) is 0 Å². The number of likely N-dealkylation sites (tertiary alicyclic amines) is 1. The predicted molar refractivity (Wildman–Crippen MR) is 113 cm³/mol. The Morgan fingerprint density at radius 3 is 2.59 bits per heavy atom. The molecule has 1 aliphatic rings. The smallest absolute Gasteiger partial charge is 0.241 e. The van der Waals surface area contributed by atoms with E-state index in [4.69, 9.17) is 0 Å². The molecule has 1 aromatic heterocycles. The summed E-state index contributed by atoms with van der Waals surface area (Å²) in [5.41, 5.74) is 2.75. The van der Waals surface area contributed by atoms with E-state index < -0.39 is 0 Å². The minimum atomic E-state index is -0.213. The maximum Gasteiger partial charge on any atom is 0.241 e. The second-order valence-electron chi connectivity index (χ2n) is 7.22. The number of carbonyl (C=O) groups excluding carboxylic acids is 2. The summed E-state index contributed by atoms with van der Waals surface area (Å²) in [6.07, 6.45) is 5.36. The zero-order valence-corrected chi connectivity index (χ0v) is 16.1. The van der Waals surface area contributed by atoms with Crippen molar-refractivity contribution in [2.45, 2.75) is 25.4 Å². The van der Waals surface area contributed by atoms with Gasteiger partial charge in [0.15, 0.2) is 5.78 Å². The van der Waals surface area contributed by atoms with E-state index in [1.54, 1.807) is 30.5 Å². The number of ketones is 1. The molecule has 1 N–H and O–H groups in total. The molecule has 1 amide bonds. The summed E-state index contributed by atoms with van der Waals surface area (Å²) in [6, 6.07) is 20.0. The van der Waals surface area contributed by atoms with Gasteiger partial charge in [0.1, 0.15) is 0 Å². The van der Waals surface area contributed by atoms with Crippen LogP contribution < -0.4 is 5.32 Å². The van der Waals surface area contributed by atoms with Gasteiger partial charge in [-0.3, -0.25) is 19.5 Å². The Morgan fingerprint density at radius 2 is 1.79 bits per heavy atom. The number of pyridine rings is 1. The Kier molecular flexibility index (Phi) is 5.77. The van der Waals surface area contributed by atoms with Crippen LogP contribution >= 0.6 is 0 Å². The van der Waals surface area contributed by atoms with E-state index in [0.29, 0.717) is 23.4 Å². The molecule has 0 unspecified atom stereocenters. The van der Waals surface area contributed by atoms with E-state index in [2.05, 4.69) is 15.2 Å². The second-order valence-corrected chi connectivity index (χ2v) is 7.22. The van der Waals surface area contributed by atoms with Crippen LogP contribution in [-0.4, -0.2) is 34.2 Å². The number of amides is 1. The highest BCUT2D eigenvalue weighted by atomic mass is 16.2. The highest BCUT2D eigenvalue weighted by molar-refractivity contribution is 6.14. The van der Waals surface area contributed by atoms with Gasteiger partial charge in [0.25, 0.3) is 0 Å². The molecule has 0 bridgehead atoms. The summed E-state index contributed by atoms with van der Waals surface area (Å²) < 4.78 is 0. The normalized spacial score (nSPS) is 16.5. The molecule has 1 atom stereocenters. The number of nitrogens with zero attached hydrogens (tertiary/aromatic N) is 2. The standard InChI is InChI=1S/C24H23N3O2/c28-23(19-9-2-1-3-10-19)20-11-4-5-12-21(20)26-24(29)22-13-7-15-27(22)17-18-8-6-14-25-16-18/h1-6,8-12,14,16,22H,7,13,15,17H2,(H,26,29)/t22-/m0/s1. The third-order valence-electron chi connectivity index (χ3n) is 5.24. The molecule has 29 heavy (non-hydrogen) atoms. The zero-order valence-electron chi connectivity index (χ0n) is 16.1. The van der Waals surface area contributed by atoms with E-state index in [-0.39, 0.29) is 17.7 Å². The molecule has 1 saturated heterocycles. The average Bonchev–Trinajstić information content (AvgIpc) is 3.23. The van der Waals surface area contributed by atoms with Crippen molar-refractivity contribution in [1.82, 2.24) is 9.88 Å². The number of aromatic nitrogens is 1. The first-order valence-corrected chi connectivity index (χ1v) is 9.85. The van der Waals surface area contributed by atoms with Crippen molar-refractivity contribution >= 4 is 17.4 Å². The van der Waals surface area contributed by atoms with Crippen LogP contribution in [0.1, 0.15) is 34.3 Å². The second kappa shape index (κ2) is 8.80. The first-order valence-electron chi connectivity index (χ1n) is 9.85. The van der Waals surface area contributed by atoms with Crippen LogP contribution in [0.4, 0.5) is 5.69 Å². The molecular weight excluding hydrogens is 362 g/mol. The van der Waals surface area contributed by atoms with Gasteiger partial charge in [-0.05, 0) is 43.1 Å². The fourth-order valence-electron chi connectivity index (χ4n) is 3.79. The molecule has 0 spiro atoms. The Balaban J connectivity index is 1.50. The Labute approximate surface area is 170 Å². The highest BCUT2D eigenvalue weighted by Gasteiger charge is 2.31. The summed E-state index contributed by atoms with van der Waals surface area (Å²) in [7, 11) is 0. The third kappa shape index (κ3) is 4.41. The van der Waals surface area contributed by atoms with Crippen molar-refractivity contribution in [1.29, 1.82) is 0 Å². The lowest BCUT2D eigenvalue weighted by atomic mass is 10.0. The van der Waals surface area contributed by atoms with Gasteiger partial charge in [-0.15, -0.1) is 0 Å². The molecule has 1 aliphatic heterocycles. The summed E-state index contributed by atoms with van der Waals surface area (Å²) in [5.74, 6) is -0.167. The lowest BCUT2D eigenvalue weighted by Gasteiger charge is -2.24. The Hall–Kier alpha value is -3.31. The highest BCUT2D eigenvalue weighted by Crippen LogP contribution is 2.24. The quantitative estimate of drug-likeness (QED) is 0.654. The maximum atomic E-state index is 13.0. The van der Waals surface area contributed by atoms with Crippen LogP contribution in [0.25, 0.3) is 0 Å². The van der Waals surface area contributed by atoms with E-state index in [0.717, 1.165) is 24.9 Å². The third-order valence-corrected chi connectivity index (χ3v) is 5.24. The molecule has 0 aliphatic carbocycles. The number of nitrogens with one attached hydrogen (secondary N) is 1. The summed E-state index contributed by atoms with van der Waals surface area (Å²) >= 11 is 0. The predicted octanol–water partition coefficient (Wildman–Crippen LogP) is 3.92. The molecule has 0 radical (unpaired) electrons. The van der Waals surface area contributed by atoms with Gasteiger partial charge in [-0.1, -0.05) is 48.5 Å². The van der Waals surface area contributed by atoms with Crippen molar-refractivity contribution in [3.05, 3.63) is 95.8 Å². The number of rotatable bonds is 6. The van der Waals surface area contributed by atoms with E-state index in [9.17, 15) is 9.59 Å². The molecule has 2 aromatic carbocycles. The van der Waals surface area contributed by atoms with Crippen molar-refractivity contribution in [2.75, 3.05) is 11.9 Å². The number of hydrogen-bond donors (Lipinski definition) is 1. The van der Waals surface area contributed by atoms with Gasteiger partial charge in [-0.2, -0.15) is 0 Å². The lowest BCUT2D eigenvalue weighted by molar-refractivity contribution is -0.120. The largest absolute Gasteiger partial charge is 0.324 e. The van der Waals surface area contributed by atoms with E-state index >= 15 is 0 Å². The Bertz CT molecular complexity index is 989. The average molecular weight is 385 g/mol. The number of anilines is 1. The van der Waals surface area contributed by atoms with Gasteiger partial charge in [-0.25, -0.2) is 0 Å². The molecule has 4 rings (SSSR count). The van der Waals surface area contributed by atoms with E-state index in [1.165, 1.54) is 0 Å². The van der Waals surface area contributed by atoms with Gasteiger partial charge in [0.05, 0.1) is 11.7 Å². The van der Waals surface area contributed by atoms with Gasteiger partial charge >= 0.3 is 0 Å². The van der Waals surface area contributed by atoms with Crippen LogP contribution in [-0.2, 0) is 11.3 Å². The first kappa shape index (κ1) is 19.0. The molecule has 146 valence electrons. The summed E-state index contributed by atoms with van der Waals surface area (Å²) in [6.45, 7) is 1.56. The summed E-state index contributed by atoms with van der Waals surface area (Å²) in [5, 5.41) is 3.00. The maximum absolute atomic E-state index is 13.0. The van der Waals surface area contributed by atoms with Crippen molar-refractivity contribution in [3.8, 4) is 0 Å². The minimum absolute atomic E-state index is 0.0697. The van der Waals surface area contributed by atoms with Crippen LogP contribution in [0.2, 0.25) is 0 Å². The number of benzene rings is 2. The fourth-order valence-corrected chi connectivity index (χ4v) is 3.79. The van der Waals surface area contributed by atoms with Crippen molar-refractivity contribution in [3.63, 3.8) is 0 Å². The molecule has 3 aromatic rings. The van der Waals surface area contributed by atoms with Crippen molar-refractivity contribution < 1.29 is 9.59 Å². The fraction of sp³-hybridized carbons (Fsp3) is 0.208. The minimum Gasteiger partial charge on any atom is -0.324 e. The topological polar surface area (TPSA) is 62.3 Å². The number of carbonyl (C=O) groups is 2.